The van der Waals surface area contributed by atoms with Crippen LogP contribution in [0.4, 0.5) is 0 Å². The van der Waals surface area contributed by atoms with E-state index in [1.54, 1.807) is 0 Å². The van der Waals surface area contributed by atoms with Gasteiger partial charge in [0.15, 0.2) is 6.17 Å². The Balaban J connectivity index is 1.93. The van der Waals surface area contributed by atoms with Gasteiger partial charge < -0.3 is 10.4 Å². The summed E-state index contributed by atoms with van der Waals surface area (Å²) >= 11 is 0. The molecule has 2 unspecified atom stereocenters. The van der Waals surface area contributed by atoms with Gasteiger partial charge in [-0.05, 0) is 25.8 Å². The predicted octanol–water partition coefficient (Wildman–Crippen LogP) is 6.25. The van der Waals surface area contributed by atoms with Gasteiger partial charge in [-0.1, -0.05) is 90.0 Å². The van der Waals surface area contributed by atoms with Crippen molar-refractivity contribution in [1.82, 2.24) is 5.32 Å². The van der Waals surface area contributed by atoms with Gasteiger partial charge in [-0.15, -0.1) is 0 Å². The lowest BCUT2D eigenvalue weighted by atomic mass is 10.0. The summed E-state index contributed by atoms with van der Waals surface area (Å²) in [6.07, 6.45) is 28.7. The summed E-state index contributed by atoms with van der Waals surface area (Å²) < 4.78 is 0.825. The van der Waals surface area contributed by atoms with E-state index in [-0.39, 0.29) is 6.61 Å². The summed E-state index contributed by atoms with van der Waals surface area (Å²) in [5.74, 6) is 0. The third-order valence-electron chi connectivity index (χ3n) is 6.09. The average molecular weight is 380 g/mol. The van der Waals surface area contributed by atoms with Crippen LogP contribution < -0.4 is 5.32 Å². The quantitative estimate of drug-likeness (QED) is 0.167. The van der Waals surface area contributed by atoms with Crippen molar-refractivity contribution < 1.29 is 9.59 Å². The molecule has 1 aliphatic heterocycles. The number of nitrogens with one attached hydrogen (secondary N) is 1. The summed E-state index contributed by atoms with van der Waals surface area (Å²) in [4.78, 5) is 0. The fourth-order valence-corrected chi connectivity index (χ4v) is 4.12. The summed E-state index contributed by atoms with van der Waals surface area (Å²) in [6, 6.07) is 0. The minimum absolute atomic E-state index is 0.239. The molecule has 3 heteroatoms. The number of unbranched alkanes of at least 4 members (excludes halogenated alkanes) is 13. The molecule has 158 valence electrons. The molecule has 0 saturated heterocycles. The van der Waals surface area contributed by atoms with Crippen molar-refractivity contribution in [3.8, 4) is 0 Å². The van der Waals surface area contributed by atoms with Gasteiger partial charge in [0.1, 0.15) is 12.7 Å². The van der Waals surface area contributed by atoms with Crippen LogP contribution in [-0.4, -0.2) is 35.5 Å². The maximum Gasteiger partial charge on any atom is 0.185 e. The van der Waals surface area contributed by atoms with Crippen LogP contribution >= 0.6 is 0 Å². The summed E-state index contributed by atoms with van der Waals surface area (Å²) in [6.45, 7) is 6.52. The van der Waals surface area contributed by atoms with Gasteiger partial charge in [-0.2, -0.15) is 0 Å². The summed E-state index contributed by atoms with van der Waals surface area (Å²) in [5.41, 5.74) is 0. The van der Waals surface area contributed by atoms with Crippen molar-refractivity contribution in [3.63, 3.8) is 0 Å². The van der Waals surface area contributed by atoms with Crippen LogP contribution in [0.1, 0.15) is 104 Å². The lowest BCUT2D eigenvalue weighted by Crippen LogP contribution is -2.53. The Morgan fingerprint density at radius 3 is 1.93 bits per heavy atom. The van der Waals surface area contributed by atoms with E-state index in [1.165, 1.54) is 89.9 Å². The molecule has 1 rings (SSSR count). The number of likely N-dealkylation sites (N-methyl/N-ethyl adjacent to an activating group) is 1. The first-order chi connectivity index (χ1) is 13.3. The van der Waals surface area contributed by atoms with E-state index in [9.17, 15) is 5.11 Å². The lowest BCUT2D eigenvalue weighted by Gasteiger charge is -2.34. The molecule has 0 fully saturated rings. The number of nitrogens with zero attached hydrogens (tertiary/aromatic N) is 1. The molecule has 0 aromatic rings. The smallest absolute Gasteiger partial charge is 0.185 e. The summed E-state index contributed by atoms with van der Waals surface area (Å²) in [5, 5.41) is 12.8. The maximum absolute atomic E-state index is 9.34. The highest BCUT2D eigenvalue weighted by molar-refractivity contribution is 4.97. The van der Waals surface area contributed by atoms with Gasteiger partial charge in [-0.3, -0.25) is 4.48 Å². The Hall–Kier alpha value is -0.800. The van der Waals surface area contributed by atoms with Crippen LogP contribution in [0, 0.1) is 0 Å². The largest absolute Gasteiger partial charge is 0.390 e. The molecule has 3 nitrogen and oxygen atoms in total. The molecule has 0 aromatic carbocycles. The monoisotopic (exact) mass is 379 g/mol. The molecule has 0 spiro atoms. The standard InChI is InChI=1S/C24H47N2O/c1-3-5-6-7-8-9-10-11-12-13-14-15-16-17-18-19-24-25-20-21-26(24,4-2)22-23-27/h18-21,24-25,27H,3-17,22-23H2,1-2H3/q+1/b19-18+. The van der Waals surface area contributed by atoms with Crippen LogP contribution in [0.5, 0.6) is 0 Å². The minimum atomic E-state index is 0.239. The lowest BCUT2D eigenvalue weighted by molar-refractivity contribution is -0.892. The molecule has 0 radical (unpaired) electrons. The number of hydrogen-bond donors (Lipinski definition) is 2. The number of allylic oxidation sites excluding steroid dienone is 1. The number of quaternary nitrogens is 1. The Bertz CT molecular complexity index is 394. The average Bonchev–Trinajstić information content (AvgIpc) is 3.08. The Labute approximate surface area is 169 Å². The van der Waals surface area contributed by atoms with Crippen molar-refractivity contribution in [2.45, 2.75) is 110 Å². The molecule has 2 N–H and O–H groups in total. The first-order valence-electron chi connectivity index (χ1n) is 11.9. The van der Waals surface area contributed by atoms with E-state index in [2.05, 4.69) is 37.5 Å². The SMILES string of the molecule is CCCCCCCCCCCCCCC/C=C/C1NC=C[N+]1(CC)CCO. The van der Waals surface area contributed by atoms with E-state index in [0.717, 1.165) is 17.6 Å². The Morgan fingerprint density at radius 2 is 1.41 bits per heavy atom. The number of hydrogen-bond acceptors (Lipinski definition) is 2. The molecule has 27 heavy (non-hydrogen) atoms. The zero-order chi connectivity index (χ0) is 19.6. The Kier molecular flexibility index (Phi) is 14.5. The summed E-state index contributed by atoms with van der Waals surface area (Å²) in [7, 11) is 0. The van der Waals surface area contributed by atoms with Crippen molar-refractivity contribution in [3.05, 3.63) is 24.6 Å². The van der Waals surface area contributed by atoms with Gasteiger partial charge in [0, 0.05) is 0 Å². The highest BCUT2D eigenvalue weighted by Crippen LogP contribution is 2.19. The normalized spacial score (nSPS) is 22.0. The van der Waals surface area contributed by atoms with Crippen molar-refractivity contribution in [1.29, 1.82) is 0 Å². The fraction of sp³-hybridized carbons (Fsp3) is 0.833. The first-order valence-corrected chi connectivity index (χ1v) is 11.9. The van der Waals surface area contributed by atoms with Crippen LogP contribution in [-0.2, 0) is 0 Å². The second kappa shape index (κ2) is 16.2. The van der Waals surface area contributed by atoms with E-state index < -0.39 is 0 Å². The molecule has 0 saturated carbocycles. The van der Waals surface area contributed by atoms with Crippen molar-refractivity contribution in [2.75, 3.05) is 19.7 Å². The predicted molar refractivity (Wildman–Crippen MR) is 118 cm³/mol. The maximum atomic E-state index is 9.34. The highest BCUT2D eigenvalue weighted by Gasteiger charge is 2.34. The molecule has 1 aliphatic rings. The van der Waals surface area contributed by atoms with Crippen LogP contribution in [0.25, 0.3) is 0 Å². The third kappa shape index (κ3) is 10.4. The van der Waals surface area contributed by atoms with Crippen LogP contribution in [0.2, 0.25) is 0 Å². The van der Waals surface area contributed by atoms with E-state index in [1.807, 2.05) is 6.20 Å². The first kappa shape index (κ1) is 24.2. The van der Waals surface area contributed by atoms with Crippen molar-refractivity contribution in [2.24, 2.45) is 0 Å². The molecular weight excluding hydrogens is 332 g/mol. The molecule has 2 atom stereocenters. The van der Waals surface area contributed by atoms with Gasteiger partial charge in [0.25, 0.3) is 0 Å². The topological polar surface area (TPSA) is 32.3 Å². The molecule has 0 aromatic heterocycles. The third-order valence-corrected chi connectivity index (χ3v) is 6.09. The van der Waals surface area contributed by atoms with Gasteiger partial charge >= 0.3 is 0 Å². The highest BCUT2D eigenvalue weighted by atomic mass is 16.3. The fourth-order valence-electron chi connectivity index (χ4n) is 4.12. The molecule has 0 aliphatic carbocycles. The molecule has 0 amide bonds. The second-order valence-corrected chi connectivity index (χ2v) is 8.25. The van der Waals surface area contributed by atoms with Crippen molar-refractivity contribution >= 4 is 0 Å². The van der Waals surface area contributed by atoms with Crippen LogP contribution in [0.3, 0.4) is 0 Å². The number of aliphatic hydroxyl groups excluding tert-OH is 1. The molecular formula is C24H47N2O+. The molecule has 1 heterocycles. The zero-order valence-electron chi connectivity index (χ0n) is 18.3. The number of aliphatic hydroxyl groups is 1. The van der Waals surface area contributed by atoms with Gasteiger partial charge in [-0.25, -0.2) is 0 Å². The number of rotatable bonds is 18. The van der Waals surface area contributed by atoms with Crippen LogP contribution in [0.15, 0.2) is 24.6 Å². The minimum Gasteiger partial charge on any atom is -0.390 e. The Morgan fingerprint density at radius 1 is 0.852 bits per heavy atom. The van der Waals surface area contributed by atoms with E-state index in [0.29, 0.717) is 6.17 Å². The van der Waals surface area contributed by atoms with Gasteiger partial charge in [0.05, 0.1) is 19.4 Å². The van der Waals surface area contributed by atoms with Gasteiger partial charge in [0.2, 0.25) is 0 Å². The van der Waals surface area contributed by atoms with E-state index in [4.69, 9.17) is 0 Å². The zero-order valence-corrected chi connectivity index (χ0v) is 18.3. The molecule has 0 bridgehead atoms. The van der Waals surface area contributed by atoms with E-state index >= 15 is 0 Å². The second-order valence-electron chi connectivity index (χ2n) is 8.25.